The molecule has 3 nitrogen and oxygen atoms in total. The lowest BCUT2D eigenvalue weighted by Crippen LogP contribution is -2.23. The van der Waals surface area contributed by atoms with Crippen LogP contribution in [0.4, 0.5) is 0 Å². The molecular formula is C16H22O3. The Labute approximate surface area is 114 Å². The minimum absolute atomic E-state index is 0.177. The van der Waals surface area contributed by atoms with Crippen LogP contribution in [0.25, 0.3) is 0 Å². The van der Waals surface area contributed by atoms with Crippen LogP contribution in [0.15, 0.2) is 24.3 Å². The van der Waals surface area contributed by atoms with E-state index in [1.165, 1.54) is 0 Å². The number of carboxylic acid groups (broad SMARTS) is 1. The first-order valence-corrected chi connectivity index (χ1v) is 6.97. The maximum absolute atomic E-state index is 11.0. The molecular weight excluding hydrogens is 240 g/mol. The monoisotopic (exact) mass is 262 g/mol. The van der Waals surface area contributed by atoms with Gasteiger partial charge in [0.25, 0.3) is 0 Å². The van der Waals surface area contributed by atoms with Crippen LogP contribution in [0.1, 0.15) is 55.8 Å². The van der Waals surface area contributed by atoms with E-state index in [1.807, 2.05) is 31.2 Å². The zero-order chi connectivity index (χ0) is 13.9. The Bertz CT molecular complexity index is 430. The summed E-state index contributed by atoms with van der Waals surface area (Å²) in [5.41, 5.74) is 1.84. The highest BCUT2D eigenvalue weighted by atomic mass is 16.4. The molecule has 0 heterocycles. The molecule has 0 amide bonds. The van der Waals surface area contributed by atoms with Crippen molar-refractivity contribution in [3.05, 3.63) is 35.4 Å². The van der Waals surface area contributed by atoms with E-state index < -0.39 is 12.1 Å². The van der Waals surface area contributed by atoms with Gasteiger partial charge in [0.1, 0.15) is 0 Å². The van der Waals surface area contributed by atoms with E-state index in [-0.39, 0.29) is 11.8 Å². The lowest BCUT2D eigenvalue weighted by molar-refractivity contribution is -0.140. The average molecular weight is 262 g/mol. The molecule has 0 aliphatic heterocycles. The summed E-state index contributed by atoms with van der Waals surface area (Å²) in [4.78, 5) is 11.0. The van der Waals surface area contributed by atoms with Crippen LogP contribution >= 0.6 is 0 Å². The second-order valence-electron chi connectivity index (χ2n) is 5.91. The van der Waals surface area contributed by atoms with E-state index in [1.54, 1.807) is 0 Å². The lowest BCUT2D eigenvalue weighted by atomic mass is 9.76. The molecule has 0 aromatic heterocycles. The minimum atomic E-state index is -0.752. The van der Waals surface area contributed by atoms with Crippen molar-refractivity contribution in [1.82, 2.24) is 0 Å². The minimum Gasteiger partial charge on any atom is -0.481 e. The Morgan fingerprint density at radius 1 is 1.26 bits per heavy atom. The first kappa shape index (κ1) is 14.1. The molecule has 1 aliphatic rings. The Balaban J connectivity index is 2.08. The number of hydrogen-bond donors (Lipinski definition) is 2. The summed E-state index contributed by atoms with van der Waals surface area (Å²) in [6.07, 6.45) is 4.17. The summed E-state index contributed by atoms with van der Waals surface area (Å²) < 4.78 is 0. The zero-order valence-corrected chi connectivity index (χ0v) is 11.4. The lowest BCUT2D eigenvalue weighted by Gasteiger charge is -2.29. The summed E-state index contributed by atoms with van der Waals surface area (Å²) in [5, 5.41) is 19.4. The van der Waals surface area contributed by atoms with Crippen molar-refractivity contribution in [3.63, 3.8) is 0 Å². The quantitative estimate of drug-likeness (QED) is 0.854. The van der Waals surface area contributed by atoms with Crippen LogP contribution in [0.3, 0.4) is 0 Å². The van der Waals surface area contributed by atoms with E-state index in [2.05, 4.69) is 0 Å². The fraction of sp³-hybridized carbons (Fsp3) is 0.562. The predicted octanol–water partition coefficient (Wildman–Crippen LogP) is 3.45. The van der Waals surface area contributed by atoms with Crippen molar-refractivity contribution in [1.29, 1.82) is 0 Å². The number of aliphatic hydroxyl groups is 1. The van der Waals surface area contributed by atoms with Crippen molar-refractivity contribution >= 4 is 5.97 Å². The fourth-order valence-corrected chi connectivity index (χ4v) is 3.22. The third-order valence-electron chi connectivity index (χ3n) is 4.28. The molecule has 0 saturated heterocycles. The smallest absolute Gasteiger partial charge is 0.303 e. The van der Waals surface area contributed by atoms with Gasteiger partial charge in [-0.25, -0.2) is 0 Å². The zero-order valence-electron chi connectivity index (χ0n) is 11.4. The van der Waals surface area contributed by atoms with Crippen LogP contribution in [0.5, 0.6) is 0 Å². The summed E-state index contributed by atoms with van der Waals surface area (Å²) in [6, 6.07) is 7.83. The highest BCUT2D eigenvalue weighted by Gasteiger charge is 2.37. The maximum Gasteiger partial charge on any atom is 0.303 e. The first-order chi connectivity index (χ1) is 9.01. The van der Waals surface area contributed by atoms with Crippen LogP contribution in [0, 0.1) is 12.3 Å². The molecule has 1 unspecified atom stereocenters. The summed E-state index contributed by atoms with van der Waals surface area (Å²) >= 11 is 0. The van der Waals surface area contributed by atoms with Crippen LogP contribution in [0.2, 0.25) is 0 Å². The molecule has 0 spiro atoms. The predicted molar refractivity (Wildman–Crippen MR) is 73.9 cm³/mol. The van der Waals surface area contributed by atoms with E-state index in [0.717, 1.165) is 36.8 Å². The van der Waals surface area contributed by atoms with Crippen molar-refractivity contribution in [3.8, 4) is 0 Å². The van der Waals surface area contributed by atoms with Crippen LogP contribution < -0.4 is 0 Å². The number of hydrogen-bond acceptors (Lipinski definition) is 2. The third-order valence-corrected chi connectivity index (χ3v) is 4.28. The molecule has 1 atom stereocenters. The van der Waals surface area contributed by atoms with Crippen molar-refractivity contribution < 1.29 is 15.0 Å². The number of carboxylic acids is 1. The van der Waals surface area contributed by atoms with Crippen LogP contribution in [-0.4, -0.2) is 16.2 Å². The molecule has 1 fully saturated rings. The molecule has 3 heteroatoms. The van der Waals surface area contributed by atoms with E-state index in [9.17, 15) is 9.90 Å². The molecule has 2 rings (SSSR count). The Hall–Kier alpha value is -1.35. The largest absolute Gasteiger partial charge is 0.481 e. The number of benzene rings is 1. The molecule has 1 aromatic carbocycles. The Morgan fingerprint density at radius 3 is 2.37 bits per heavy atom. The van der Waals surface area contributed by atoms with E-state index in [4.69, 9.17) is 5.11 Å². The standard InChI is InChI=1S/C16H22O3/c1-12-4-6-13(7-5-12)14(17)10-16(11-15(18)19)8-2-3-9-16/h4-7,14,17H,2-3,8-11H2,1H3,(H,18,19). The van der Waals surface area contributed by atoms with Gasteiger partial charge < -0.3 is 10.2 Å². The third kappa shape index (κ3) is 3.57. The summed E-state index contributed by atoms with van der Waals surface area (Å²) in [6.45, 7) is 2.01. The topological polar surface area (TPSA) is 57.5 Å². The first-order valence-electron chi connectivity index (χ1n) is 6.97. The molecule has 1 aromatic rings. The van der Waals surface area contributed by atoms with Crippen molar-refractivity contribution in [2.75, 3.05) is 0 Å². The van der Waals surface area contributed by atoms with Gasteiger partial charge in [-0.15, -0.1) is 0 Å². The van der Waals surface area contributed by atoms with Gasteiger partial charge in [-0.1, -0.05) is 42.7 Å². The van der Waals surface area contributed by atoms with E-state index in [0.29, 0.717) is 6.42 Å². The molecule has 1 aliphatic carbocycles. The van der Waals surface area contributed by atoms with Gasteiger partial charge in [0.05, 0.1) is 12.5 Å². The molecule has 0 bridgehead atoms. The average Bonchev–Trinajstić information content (AvgIpc) is 2.77. The number of rotatable bonds is 5. The van der Waals surface area contributed by atoms with Gasteiger partial charge in [-0.3, -0.25) is 4.79 Å². The molecule has 104 valence electrons. The normalized spacial score (nSPS) is 19.3. The molecule has 1 saturated carbocycles. The van der Waals surface area contributed by atoms with Crippen molar-refractivity contribution in [2.45, 2.75) is 51.6 Å². The second-order valence-corrected chi connectivity index (χ2v) is 5.91. The van der Waals surface area contributed by atoms with Gasteiger partial charge in [-0.05, 0) is 37.2 Å². The number of aliphatic carboxylic acids is 1. The highest BCUT2D eigenvalue weighted by Crippen LogP contribution is 2.47. The van der Waals surface area contributed by atoms with Crippen molar-refractivity contribution in [2.24, 2.45) is 5.41 Å². The summed E-state index contributed by atoms with van der Waals surface area (Å²) in [7, 11) is 0. The van der Waals surface area contributed by atoms with E-state index >= 15 is 0 Å². The maximum atomic E-state index is 11.0. The Morgan fingerprint density at radius 2 is 1.84 bits per heavy atom. The Kier molecular flexibility index (Phi) is 4.25. The van der Waals surface area contributed by atoms with Gasteiger partial charge >= 0.3 is 5.97 Å². The van der Waals surface area contributed by atoms with Gasteiger partial charge in [0, 0.05) is 0 Å². The second kappa shape index (κ2) is 5.74. The summed E-state index contributed by atoms with van der Waals surface area (Å²) in [5.74, 6) is -0.752. The molecule has 19 heavy (non-hydrogen) atoms. The van der Waals surface area contributed by atoms with Gasteiger partial charge in [0.15, 0.2) is 0 Å². The highest BCUT2D eigenvalue weighted by molar-refractivity contribution is 5.67. The molecule has 0 radical (unpaired) electrons. The fourth-order valence-electron chi connectivity index (χ4n) is 3.22. The van der Waals surface area contributed by atoms with Gasteiger partial charge in [-0.2, -0.15) is 0 Å². The van der Waals surface area contributed by atoms with Gasteiger partial charge in [0.2, 0.25) is 0 Å². The number of aliphatic hydroxyl groups excluding tert-OH is 1. The number of carbonyl (C=O) groups is 1. The SMILES string of the molecule is Cc1ccc(C(O)CC2(CC(=O)O)CCCC2)cc1. The molecule has 2 N–H and O–H groups in total. The van der Waals surface area contributed by atoms with Crippen LogP contribution in [-0.2, 0) is 4.79 Å². The number of aryl methyl sites for hydroxylation is 1.